The highest BCUT2D eigenvalue weighted by atomic mass is 16.6. The Balaban J connectivity index is 1.74. The Bertz CT molecular complexity index is 1120. The maximum absolute atomic E-state index is 10.8. The van der Waals surface area contributed by atoms with Gasteiger partial charge in [-0.3, -0.25) is 10.1 Å². The van der Waals surface area contributed by atoms with Crippen LogP contribution in [0.5, 0.6) is 0 Å². The summed E-state index contributed by atoms with van der Waals surface area (Å²) in [5.41, 5.74) is 3.73. The third-order valence-electron chi connectivity index (χ3n) is 4.11. The average Bonchev–Trinajstić information content (AvgIpc) is 3.23. The van der Waals surface area contributed by atoms with Crippen LogP contribution in [0, 0.1) is 10.1 Å². The molecule has 7 heteroatoms. The summed E-state index contributed by atoms with van der Waals surface area (Å²) in [7, 11) is 0. The third kappa shape index (κ3) is 3.68. The molecule has 0 bridgehead atoms. The van der Waals surface area contributed by atoms with Gasteiger partial charge in [-0.2, -0.15) is 0 Å². The predicted molar refractivity (Wildman–Crippen MR) is 106 cm³/mol. The second-order valence-corrected chi connectivity index (χ2v) is 5.98. The van der Waals surface area contributed by atoms with Crippen LogP contribution < -0.4 is 0 Å². The molecule has 0 aliphatic heterocycles. The van der Waals surface area contributed by atoms with Gasteiger partial charge in [0.25, 0.3) is 5.69 Å². The minimum atomic E-state index is -0.434. The predicted octanol–water partition coefficient (Wildman–Crippen LogP) is 4.34. The van der Waals surface area contributed by atoms with Crippen LogP contribution in [0.2, 0.25) is 0 Å². The molecule has 0 aliphatic rings. The van der Waals surface area contributed by atoms with Crippen molar-refractivity contribution < 1.29 is 4.92 Å². The lowest BCUT2D eigenvalue weighted by atomic mass is 10.1. The first-order chi connectivity index (χ1) is 13.7. The number of nitrogens with zero attached hydrogens (tertiary/aromatic N) is 5. The molecule has 28 heavy (non-hydrogen) atoms. The minimum absolute atomic E-state index is 0.0275. The standard InChI is InChI=1S/C21H15N5O2/c27-26(28)19-13-11-18(12-14-19)25-15-20(23-24-25)21(16-7-3-1-4-8-16)22-17-9-5-2-6-10-17/h1-15H. The summed E-state index contributed by atoms with van der Waals surface area (Å²) in [6.45, 7) is 0. The molecule has 3 aromatic carbocycles. The molecule has 0 unspecified atom stereocenters. The van der Waals surface area contributed by atoms with Crippen LogP contribution in [-0.2, 0) is 0 Å². The van der Waals surface area contributed by atoms with Crippen molar-refractivity contribution in [2.24, 2.45) is 4.99 Å². The fourth-order valence-electron chi connectivity index (χ4n) is 2.72. The van der Waals surface area contributed by atoms with E-state index in [1.165, 1.54) is 12.1 Å². The summed E-state index contributed by atoms with van der Waals surface area (Å²) in [5, 5.41) is 19.3. The Morgan fingerprint density at radius 3 is 2.18 bits per heavy atom. The van der Waals surface area contributed by atoms with Crippen molar-refractivity contribution in [3.05, 3.63) is 112 Å². The zero-order chi connectivity index (χ0) is 19.3. The van der Waals surface area contributed by atoms with E-state index in [0.717, 1.165) is 11.3 Å². The van der Waals surface area contributed by atoms with Gasteiger partial charge in [0.05, 0.1) is 22.5 Å². The van der Waals surface area contributed by atoms with E-state index in [0.29, 0.717) is 17.1 Å². The van der Waals surface area contributed by atoms with Crippen LogP contribution in [0.25, 0.3) is 5.69 Å². The quantitative estimate of drug-likeness (QED) is 0.297. The highest BCUT2D eigenvalue weighted by Crippen LogP contribution is 2.19. The largest absolute Gasteiger partial charge is 0.269 e. The van der Waals surface area contributed by atoms with Crippen LogP contribution in [0.4, 0.5) is 11.4 Å². The van der Waals surface area contributed by atoms with Crippen molar-refractivity contribution in [3.8, 4) is 5.69 Å². The first-order valence-corrected chi connectivity index (χ1v) is 8.57. The Morgan fingerprint density at radius 1 is 0.893 bits per heavy atom. The molecule has 0 saturated heterocycles. The molecule has 0 radical (unpaired) electrons. The van der Waals surface area contributed by atoms with Gasteiger partial charge in [-0.05, 0) is 24.3 Å². The highest BCUT2D eigenvalue weighted by Gasteiger charge is 2.13. The number of rotatable bonds is 5. The fraction of sp³-hybridized carbons (Fsp3) is 0. The van der Waals surface area contributed by atoms with Gasteiger partial charge in [0, 0.05) is 17.7 Å². The van der Waals surface area contributed by atoms with Gasteiger partial charge < -0.3 is 0 Å². The Hall–Kier alpha value is -4.13. The van der Waals surface area contributed by atoms with E-state index in [2.05, 4.69) is 10.3 Å². The first-order valence-electron chi connectivity index (χ1n) is 8.57. The molecule has 7 nitrogen and oxygen atoms in total. The second kappa shape index (κ2) is 7.63. The average molecular weight is 369 g/mol. The van der Waals surface area contributed by atoms with Gasteiger partial charge in [0.1, 0.15) is 11.4 Å². The van der Waals surface area contributed by atoms with Gasteiger partial charge in [-0.25, -0.2) is 9.67 Å². The summed E-state index contributed by atoms with van der Waals surface area (Å²) < 4.78 is 1.57. The fourth-order valence-corrected chi connectivity index (χ4v) is 2.72. The third-order valence-corrected chi connectivity index (χ3v) is 4.11. The van der Waals surface area contributed by atoms with E-state index in [-0.39, 0.29) is 5.69 Å². The molecule has 0 fully saturated rings. The number of aliphatic imine (C=N–C) groups is 1. The summed E-state index contributed by atoms with van der Waals surface area (Å²) in [6.07, 6.45) is 1.76. The van der Waals surface area contributed by atoms with E-state index in [4.69, 9.17) is 4.99 Å². The van der Waals surface area contributed by atoms with Crippen molar-refractivity contribution in [1.29, 1.82) is 0 Å². The molecule has 1 heterocycles. The van der Waals surface area contributed by atoms with E-state index < -0.39 is 4.92 Å². The zero-order valence-corrected chi connectivity index (χ0v) is 14.7. The van der Waals surface area contributed by atoms with E-state index >= 15 is 0 Å². The summed E-state index contributed by atoms with van der Waals surface area (Å²) >= 11 is 0. The van der Waals surface area contributed by atoms with E-state index in [9.17, 15) is 10.1 Å². The van der Waals surface area contributed by atoms with Gasteiger partial charge in [0.15, 0.2) is 0 Å². The minimum Gasteiger partial charge on any atom is -0.258 e. The number of hydrogen-bond acceptors (Lipinski definition) is 5. The molecule has 0 spiro atoms. The molecular formula is C21H15N5O2. The van der Waals surface area contributed by atoms with Crippen LogP contribution in [0.15, 0.2) is 96.1 Å². The number of para-hydroxylation sites is 1. The van der Waals surface area contributed by atoms with Crippen molar-refractivity contribution in [2.75, 3.05) is 0 Å². The number of hydrogen-bond donors (Lipinski definition) is 0. The Labute approximate surface area is 160 Å². The molecule has 0 aliphatic carbocycles. The highest BCUT2D eigenvalue weighted by molar-refractivity contribution is 6.12. The molecule has 4 aromatic rings. The van der Waals surface area contributed by atoms with Gasteiger partial charge in [-0.1, -0.05) is 53.7 Å². The van der Waals surface area contributed by atoms with E-state index in [1.54, 1.807) is 23.0 Å². The molecule has 0 N–H and O–H groups in total. The van der Waals surface area contributed by atoms with Crippen LogP contribution >= 0.6 is 0 Å². The number of benzene rings is 3. The van der Waals surface area contributed by atoms with Crippen molar-refractivity contribution in [1.82, 2.24) is 15.0 Å². The van der Waals surface area contributed by atoms with Crippen LogP contribution in [-0.4, -0.2) is 25.6 Å². The number of nitro groups is 1. The van der Waals surface area contributed by atoms with Crippen molar-refractivity contribution in [3.63, 3.8) is 0 Å². The van der Waals surface area contributed by atoms with Gasteiger partial charge in [-0.15, -0.1) is 5.10 Å². The maximum Gasteiger partial charge on any atom is 0.269 e. The molecular weight excluding hydrogens is 354 g/mol. The topological polar surface area (TPSA) is 86.2 Å². The molecule has 0 saturated carbocycles. The smallest absolute Gasteiger partial charge is 0.258 e. The summed E-state index contributed by atoms with van der Waals surface area (Å²) in [4.78, 5) is 15.1. The van der Waals surface area contributed by atoms with Crippen LogP contribution in [0.1, 0.15) is 11.3 Å². The van der Waals surface area contributed by atoms with Crippen molar-refractivity contribution >= 4 is 17.1 Å². The van der Waals surface area contributed by atoms with Crippen LogP contribution in [0.3, 0.4) is 0 Å². The Kier molecular flexibility index (Phi) is 4.71. The number of nitro benzene ring substituents is 1. The molecule has 0 atom stereocenters. The number of non-ortho nitro benzene ring substituents is 1. The summed E-state index contributed by atoms with van der Waals surface area (Å²) in [5.74, 6) is 0. The molecule has 4 rings (SSSR count). The first kappa shape index (κ1) is 17.3. The lowest BCUT2D eigenvalue weighted by Crippen LogP contribution is -2.03. The second-order valence-electron chi connectivity index (χ2n) is 5.98. The lowest BCUT2D eigenvalue weighted by Gasteiger charge is -2.04. The number of aromatic nitrogens is 3. The Morgan fingerprint density at radius 2 is 1.54 bits per heavy atom. The SMILES string of the molecule is O=[N+]([O-])c1ccc(-n2cc(C(=Nc3ccccc3)c3ccccc3)nn2)cc1. The van der Waals surface area contributed by atoms with E-state index in [1.807, 2.05) is 60.7 Å². The molecule has 1 aromatic heterocycles. The van der Waals surface area contributed by atoms with Gasteiger partial charge in [0.2, 0.25) is 0 Å². The molecule has 0 amide bonds. The zero-order valence-electron chi connectivity index (χ0n) is 14.7. The molecule has 136 valence electrons. The monoisotopic (exact) mass is 369 g/mol. The lowest BCUT2D eigenvalue weighted by molar-refractivity contribution is -0.384. The normalized spacial score (nSPS) is 11.4. The maximum atomic E-state index is 10.8. The van der Waals surface area contributed by atoms with Gasteiger partial charge >= 0.3 is 0 Å². The van der Waals surface area contributed by atoms with Crippen molar-refractivity contribution in [2.45, 2.75) is 0 Å². The summed E-state index contributed by atoms with van der Waals surface area (Å²) in [6, 6.07) is 25.5.